The average molecular weight is 494 g/mol. The Morgan fingerprint density at radius 1 is 0.714 bits per heavy atom. The number of carbonyl (C=O) groups excluding carboxylic acids is 1. The molecule has 208 valence electrons. The fourth-order valence-electron chi connectivity index (χ4n) is 5.93. The monoisotopic (exact) mass is 493 g/mol. The highest BCUT2D eigenvalue weighted by molar-refractivity contribution is 5.68. The topological polar surface area (TPSA) is 29.5 Å². The van der Waals surface area contributed by atoms with Gasteiger partial charge in [0.15, 0.2) is 0 Å². The molecule has 0 radical (unpaired) electrons. The molecule has 1 rings (SSSR count). The van der Waals surface area contributed by atoms with Crippen LogP contribution in [0.15, 0.2) is 0 Å². The maximum Gasteiger partial charge on any atom is 0.305 e. The summed E-state index contributed by atoms with van der Waals surface area (Å²) in [6.07, 6.45) is 31.5. The summed E-state index contributed by atoms with van der Waals surface area (Å²) in [5, 5.41) is 0. The second-order valence-electron chi connectivity index (χ2n) is 12.0. The molecule has 1 fully saturated rings. The van der Waals surface area contributed by atoms with Crippen molar-refractivity contribution in [2.45, 2.75) is 155 Å². The van der Waals surface area contributed by atoms with Gasteiger partial charge in [0.25, 0.3) is 0 Å². The van der Waals surface area contributed by atoms with Crippen LogP contribution in [0.4, 0.5) is 0 Å². The van der Waals surface area contributed by atoms with Gasteiger partial charge in [-0.25, -0.2) is 0 Å². The Balaban J connectivity index is 1.84. The van der Waals surface area contributed by atoms with Gasteiger partial charge in [0.1, 0.15) is 0 Å². The molecule has 0 N–H and O–H groups in total. The van der Waals surface area contributed by atoms with Gasteiger partial charge in [0.2, 0.25) is 0 Å². The minimum absolute atomic E-state index is 0.0570. The quantitative estimate of drug-likeness (QED) is 0.0887. The largest absolute Gasteiger partial charge is 0.469 e. The highest BCUT2D eigenvalue weighted by Crippen LogP contribution is 2.45. The summed E-state index contributed by atoms with van der Waals surface area (Å²) in [5.41, 5.74) is 0. The summed E-state index contributed by atoms with van der Waals surface area (Å²) < 4.78 is 4.69. The van der Waals surface area contributed by atoms with Crippen molar-refractivity contribution >= 4 is 5.97 Å². The van der Waals surface area contributed by atoms with Crippen LogP contribution in [0.25, 0.3) is 0 Å². The van der Waals surface area contributed by atoms with Crippen molar-refractivity contribution < 1.29 is 9.53 Å². The summed E-state index contributed by atoms with van der Waals surface area (Å²) in [7, 11) is 5.96. The van der Waals surface area contributed by atoms with Crippen LogP contribution in [-0.2, 0) is 9.53 Å². The average Bonchev–Trinajstić information content (AvgIpc) is 3.59. The van der Waals surface area contributed by atoms with Gasteiger partial charge >= 0.3 is 5.97 Å². The molecular formula is C32H63NO2. The van der Waals surface area contributed by atoms with Gasteiger partial charge in [-0.1, -0.05) is 122 Å². The van der Waals surface area contributed by atoms with E-state index >= 15 is 0 Å². The number of nitrogens with zero attached hydrogens (tertiary/aromatic N) is 1. The summed E-state index contributed by atoms with van der Waals surface area (Å²) in [4.78, 5) is 13.5. The first kappa shape index (κ1) is 32.5. The maximum atomic E-state index is 11.1. The van der Waals surface area contributed by atoms with E-state index in [-0.39, 0.29) is 5.97 Å². The number of hydrogen-bond acceptors (Lipinski definition) is 3. The van der Waals surface area contributed by atoms with Crippen molar-refractivity contribution in [3.05, 3.63) is 0 Å². The van der Waals surface area contributed by atoms with E-state index in [0.29, 0.717) is 6.42 Å². The van der Waals surface area contributed by atoms with E-state index < -0.39 is 0 Å². The molecule has 1 aliphatic carbocycles. The Bertz CT molecular complexity index is 478. The molecule has 1 aliphatic rings. The van der Waals surface area contributed by atoms with Gasteiger partial charge in [0.05, 0.1) is 7.11 Å². The molecule has 3 atom stereocenters. The molecule has 3 unspecified atom stereocenters. The van der Waals surface area contributed by atoms with Gasteiger partial charge < -0.3 is 9.64 Å². The van der Waals surface area contributed by atoms with Crippen molar-refractivity contribution in [1.82, 2.24) is 4.90 Å². The smallest absolute Gasteiger partial charge is 0.305 e. The van der Waals surface area contributed by atoms with Crippen LogP contribution in [-0.4, -0.2) is 38.6 Å². The van der Waals surface area contributed by atoms with E-state index in [1.54, 1.807) is 0 Å². The normalized spacial score (nSPS) is 18.2. The SMILES string of the molecule is CCCCCCC(CCCCCCCCCCC1CC1CCCCCCCC(=O)OC)CN(C)C. The molecule has 1 saturated carbocycles. The molecule has 0 spiro atoms. The molecule has 0 amide bonds. The predicted octanol–water partition coefficient (Wildman–Crippen LogP) is 9.58. The van der Waals surface area contributed by atoms with Crippen LogP contribution in [0.2, 0.25) is 0 Å². The second kappa shape index (κ2) is 22.6. The number of unbranched alkanes of at least 4 members (excludes halogenated alkanes) is 14. The fourth-order valence-corrected chi connectivity index (χ4v) is 5.93. The van der Waals surface area contributed by atoms with E-state index in [1.807, 2.05) is 0 Å². The lowest BCUT2D eigenvalue weighted by Crippen LogP contribution is -2.21. The number of rotatable bonds is 26. The first-order valence-electron chi connectivity index (χ1n) is 15.8. The molecule has 0 heterocycles. The van der Waals surface area contributed by atoms with Crippen LogP contribution in [0.1, 0.15) is 155 Å². The summed E-state index contributed by atoms with van der Waals surface area (Å²) in [6.45, 7) is 3.59. The Hall–Kier alpha value is -0.570. The number of esters is 1. The molecule has 0 aromatic rings. The van der Waals surface area contributed by atoms with Crippen molar-refractivity contribution in [2.24, 2.45) is 17.8 Å². The van der Waals surface area contributed by atoms with E-state index in [0.717, 1.165) is 24.2 Å². The van der Waals surface area contributed by atoms with Gasteiger partial charge in [-0.15, -0.1) is 0 Å². The Morgan fingerprint density at radius 3 is 1.66 bits per heavy atom. The number of ether oxygens (including phenoxy) is 1. The van der Waals surface area contributed by atoms with Crippen LogP contribution in [0.5, 0.6) is 0 Å². The van der Waals surface area contributed by atoms with Gasteiger partial charge in [0, 0.05) is 13.0 Å². The van der Waals surface area contributed by atoms with Gasteiger partial charge in [-0.05, 0) is 57.5 Å². The highest BCUT2D eigenvalue weighted by Gasteiger charge is 2.34. The third kappa shape index (κ3) is 20.2. The lowest BCUT2D eigenvalue weighted by atomic mass is 9.94. The molecule has 3 nitrogen and oxygen atoms in total. The molecule has 0 saturated heterocycles. The van der Waals surface area contributed by atoms with Crippen LogP contribution in [0, 0.1) is 17.8 Å². The Morgan fingerprint density at radius 2 is 1.17 bits per heavy atom. The summed E-state index contributed by atoms with van der Waals surface area (Å²) in [5.74, 6) is 2.98. The standard InChI is InChI=1S/C32H63NO2/c1-5-6-7-17-22-29(28-33(2)3)23-18-13-10-8-9-11-14-19-24-30-27-31(30)25-20-15-12-16-21-26-32(34)35-4/h29-31H,5-28H2,1-4H3. The molecule has 3 heteroatoms. The van der Waals surface area contributed by atoms with E-state index in [9.17, 15) is 4.79 Å². The van der Waals surface area contributed by atoms with Gasteiger partial charge in [-0.2, -0.15) is 0 Å². The number of carbonyl (C=O) groups is 1. The highest BCUT2D eigenvalue weighted by atomic mass is 16.5. The van der Waals surface area contributed by atoms with Crippen molar-refractivity contribution in [1.29, 1.82) is 0 Å². The zero-order chi connectivity index (χ0) is 25.6. The van der Waals surface area contributed by atoms with Crippen LogP contribution >= 0.6 is 0 Å². The Labute approximate surface area is 220 Å². The van der Waals surface area contributed by atoms with E-state index in [1.165, 1.54) is 148 Å². The lowest BCUT2D eigenvalue weighted by Gasteiger charge is -2.21. The van der Waals surface area contributed by atoms with E-state index in [2.05, 4.69) is 25.9 Å². The Kier molecular flexibility index (Phi) is 21.0. The van der Waals surface area contributed by atoms with Crippen molar-refractivity contribution in [3.63, 3.8) is 0 Å². The third-order valence-electron chi connectivity index (χ3n) is 8.28. The molecule has 35 heavy (non-hydrogen) atoms. The maximum absolute atomic E-state index is 11.1. The van der Waals surface area contributed by atoms with Crippen LogP contribution < -0.4 is 0 Å². The molecule has 0 aliphatic heterocycles. The minimum atomic E-state index is -0.0570. The lowest BCUT2D eigenvalue weighted by molar-refractivity contribution is -0.140. The van der Waals surface area contributed by atoms with Crippen molar-refractivity contribution in [3.8, 4) is 0 Å². The minimum Gasteiger partial charge on any atom is -0.469 e. The zero-order valence-electron chi connectivity index (χ0n) is 24.5. The molecule has 0 aromatic carbocycles. The fraction of sp³-hybridized carbons (Fsp3) is 0.969. The van der Waals surface area contributed by atoms with E-state index in [4.69, 9.17) is 4.74 Å². The second-order valence-corrected chi connectivity index (χ2v) is 12.0. The predicted molar refractivity (Wildman–Crippen MR) is 153 cm³/mol. The van der Waals surface area contributed by atoms with Gasteiger partial charge in [-0.3, -0.25) is 4.79 Å². The molecular weight excluding hydrogens is 430 g/mol. The summed E-state index contributed by atoms with van der Waals surface area (Å²) in [6, 6.07) is 0. The summed E-state index contributed by atoms with van der Waals surface area (Å²) >= 11 is 0. The van der Waals surface area contributed by atoms with Crippen molar-refractivity contribution in [2.75, 3.05) is 27.7 Å². The molecule has 0 bridgehead atoms. The third-order valence-corrected chi connectivity index (χ3v) is 8.28. The zero-order valence-corrected chi connectivity index (χ0v) is 24.5. The number of methoxy groups -OCH3 is 1. The first-order chi connectivity index (χ1) is 17.1. The number of hydrogen-bond donors (Lipinski definition) is 0. The molecule has 0 aromatic heterocycles. The van der Waals surface area contributed by atoms with Crippen LogP contribution in [0.3, 0.4) is 0 Å². The first-order valence-corrected chi connectivity index (χ1v) is 15.8.